The normalized spacial score (nSPS) is 11.3. The van der Waals surface area contributed by atoms with Gasteiger partial charge in [0.1, 0.15) is 6.54 Å². The van der Waals surface area contributed by atoms with Gasteiger partial charge in [0, 0.05) is 18.3 Å². The molecule has 0 saturated heterocycles. The number of halogens is 2. The van der Waals surface area contributed by atoms with Crippen LogP contribution in [0.15, 0.2) is 64.4 Å². The lowest BCUT2D eigenvalue weighted by atomic mass is 10.1. The number of rotatable bonds is 8. The van der Waals surface area contributed by atoms with Gasteiger partial charge in [-0.05, 0) is 30.0 Å². The van der Waals surface area contributed by atoms with E-state index in [0.29, 0.717) is 12.5 Å². The number of hydrogen-bond acceptors (Lipinski definition) is 4. The average Bonchev–Trinajstić information content (AvgIpc) is 3.25. The van der Waals surface area contributed by atoms with Gasteiger partial charge < -0.3 is 9.88 Å². The third-order valence-corrected chi connectivity index (χ3v) is 5.62. The van der Waals surface area contributed by atoms with Crippen LogP contribution in [-0.2, 0) is 24.4 Å². The minimum absolute atomic E-state index is 0.00890. The van der Waals surface area contributed by atoms with E-state index in [-0.39, 0.29) is 23.4 Å². The van der Waals surface area contributed by atoms with Crippen LogP contribution in [0.1, 0.15) is 25.8 Å². The van der Waals surface area contributed by atoms with Gasteiger partial charge in [-0.3, -0.25) is 14.2 Å². The second-order valence-corrected chi connectivity index (χ2v) is 8.72. The highest BCUT2D eigenvalue weighted by molar-refractivity contribution is 5.90. The summed E-state index contributed by atoms with van der Waals surface area (Å²) in [5, 5.41) is 2.40. The fraction of sp³-hybridized carbons (Fsp3) is 0.280. The number of fused-ring (bicyclic) bond motifs is 1. The Hall–Kier alpha value is -4.08. The topological polar surface area (TPSA) is 90.9 Å². The molecule has 4 rings (SSSR count). The molecule has 0 saturated carbocycles. The van der Waals surface area contributed by atoms with Crippen molar-refractivity contribution in [2.24, 2.45) is 5.92 Å². The number of imidazole rings is 1. The number of aryl methyl sites for hydroxylation is 1. The Kier molecular flexibility index (Phi) is 6.90. The van der Waals surface area contributed by atoms with Crippen molar-refractivity contribution in [3.8, 4) is 0 Å². The molecular formula is C25H25F2N5O3. The Morgan fingerprint density at radius 3 is 2.46 bits per heavy atom. The summed E-state index contributed by atoms with van der Waals surface area (Å²) in [6.07, 6.45) is 2.32. The van der Waals surface area contributed by atoms with Gasteiger partial charge in [0.2, 0.25) is 5.91 Å². The lowest BCUT2D eigenvalue weighted by Gasteiger charge is -2.13. The van der Waals surface area contributed by atoms with E-state index in [2.05, 4.69) is 24.1 Å². The minimum Gasteiger partial charge on any atom is -0.325 e. The Morgan fingerprint density at radius 2 is 1.77 bits per heavy atom. The number of hydrogen-bond donors (Lipinski definition) is 1. The van der Waals surface area contributed by atoms with Gasteiger partial charge >= 0.3 is 5.69 Å². The van der Waals surface area contributed by atoms with Crippen molar-refractivity contribution in [2.45, 2.75) is 39.9 Å². The summed E-state index contributed by atoms with van der Waals surface area (Å²) in [5.41, 5.74) is -0.0396. The maximum absolute atomic E-state index is 13.5. The Labute approximate surface area is 199 Å². The molecule has 0 bridgehead atoms. The van der Waals surface area contributed by atoms with Crippen molar-refractivity contribution in [1.29, 1.82) is 0 Å². The summed E-state index contributed by atoms with van der Waals surface area (Å²) in [4.78, 5) is 43.7. The molecule has 0 aliphatic rings. The van der Waals surface area contributed by atoms with Gasteiger partial charge in [-0.1, -0.05) is 44.2 Å². The first kappa shape index (κ1) is 24.1. The fourth-order valence-electron chi connectivity index (χ4n) is 3.77. The van der Waals surface area contributed by atoms with Crippen LogP contribution in [0.5, 0.6) is 0 Å². The molecule has 0 spiro atoms. The van der Waals surface area contributed by atoms with Crippen LogP contribution in [0, 0.1) is 17.6 Å². The van der Waals surface area contributed by atoms with E-state index in [1.165, 1.54) is 17.0 Å². The van der Waals surface area contributed by atoms with Crippen LogP contribution in [0.2, 0.25) is 0 Å². The predicted octanol–water partition coefficient (Wildman–Crippen LogP) is 3.37. The molecule has 0 fully saturated rings. The highest BCUT2D eigenvalue weighted by Gasteiger charge is 2.20. The largest absolute Gasteiger partial charge is 0.333 e. The van der Waals surface area contributed by atoms with Crippen LogP contribution in [0.3, 0.4) is 0 Å². The van der Waals surface area contributed by atoms with E-state index in [0.717, 1.165) is 28.7 Å². The number of carbonyl (C=O) groups excluding carboxylic acids is 1. The van der Waals surface area contributed by atoms with Crippen LogP contribution in [0.25, 0.3) is 11.2 Å². The SMILES string of the molecule is CC(C)CCn1cnc2c1c(=O)n(CC(=O)Nc1ccc(F)c(F)c1)c(=O)n2Cc1ccccc1. The molecule has 2 heterocycles. The minimum atomic E-state index is -1.12. The Morgan fingerprint density at radius 1 is 1.03 bits per heavy atom. The van der Waals surface area contributed by atoms with E-state index in [1.54, 1.807) is 4.57 Å². The molecule has 2 aromatic carbocycles. The maximum Gasteiger partial charge on any atom is 0.333 e. The summed E-state index contributed by atoms with van der Waals surface area (Å²) in [7, 11) is 0. The molecule has 2 aromatic heterocycles. The molecule has 4 aromatic rings. The number of aromatic nitrogens is 4. The zero-order valence-corrected chi connectivity index (χ0v) is 19.4. The molecule has 0 aliphatic heterocycles. The van der Waals surface area contributed by atoms with E-state index >= 15 is 0 Å². The molecule has 0 aliphatic carbocycles. The highest BCUT2D eigenvalue weighted by Crippen LogP contribution is 2.14. The first-order chi connectivity index (χ1) is 16.7. The average molecular weight is 482 g/mol. The van der Waals surface area contributed by atoms with E-state index in [9.17, 15) is 23.2 Å². The monoisotopic (exact) mass is 481 g/mol. The zero-order valence-electron chi connectivity index (χ0n) is 19.4. The molecule has 1 amide bonds. The maximum atomic E-state index is 13.5. The van der Waals surface area contributed by atoms with Crippen molar-refractivity contribution in [3.63, 3.8) is 0 Å². The first-order valence-electron chi connectivity index (χ1n) is 11.2. The predicted molar refractivity (Wildman–Crippen MR) is 128 cm³/mol. The van der Waals surface area contributed by atoms with Crippen LogP contribution < -0.4 is 16.6 Å². The Bertz CT molecular complexity index is 1490. The number of nitrogens with one attached hydrogen (secondary N) is 1. The number of anilines is 1. The fourth-order valence-corrected chi connectivity index (χ4v) is 3.77. The first-order valence-corrected chi connectivity index (χ1v) is 11.2. The van der Waals surface area contributed by atoms with Crippen LogP contribution in [-0.4, -0.2) is 24.6 Å². The second-order valence-electron chi connectivity index (χ2n) is 8.72. The van der Waals surface area contributed by atoms with Gasteiger partial charge in [-0.2, -0.15) is 0 Å². The van der Waals surface area contributed by atoms with E-state index < -0.39 is 35.3 Å². The molecule has 0 radical (unpaired) electrons. The van der Waals surface area contributed by atoms with Crippen LogP contribution >= 0.6 is 0 Å². The Balaban J connectivity index is 1.76. The molecule has 0 atom stereocenters. The van der Waals surface area contributed by atoms with Gasteiger partial charge in [0.25, 0.3) is 5.56 Å². The quantitative estimate of drug-likeness (QED) is 0.418. The van der Waals surface area contributed by atoms with Crippen molar-refractivity contribution in [2.75, 3.05) is 5.32 Å². The molecule has 0 unspecified atom stereocenters. The van der Waals surface area contributed by atoms with Gasteiger partial charge in [0.15, 0.2) is 22.8 Å². The molecule has 182 valence electrons. The number of benzene rings is 2. The van der Waals surface area contributed by atoms with Crippen molar-refractivity contribution in [3.05, 3.63) is 92.9 Å². The molecule has 10 heteroatoms. The zero-order chi connectivity index (χ0) is 25.1. The number of nitrogens with zero attached hydrogens (tertiary/aromatic N) is 4. The third kappa shape index (κ3) is 5.21. The standard InChI is InChI=1S/C25H25F2N5O3/c1-16(2)10-11-30-15-28-23-22(30)24(34)32(25(35)31(23)13-17-6-4-3-5-7-17)14-21(33)29-18-8-9-19(26)20(27)12-18/h3-9,12,15-16H,10-11,13-14H2,1-2H3,(H,29,33). The second kappa shape index (κ2) is 10.0. The summed E-state index contributed by atoms with van der Waals surface area (Å²) < 4.78 is 30.6. The number of carbonyl (C=O) groups is 1. The van der Waals surface area contributed by atoms with Crippen molar-refractivity contribution in [1.82, 2.24) is 18.7 Å². The van der Waals surface area contributed by atoms with E-state index in [1.807, 2.05) is 30.3 Å². The number of amides is 1. The van der Waals surface area contributed by atoms with Crippen molar-refractivity contribution >= 4 is 22.8 Å². The van der Waals surface area contributed by atoms with Crippen LogP contribution in [0.4, 0.5) is 14.5 Å². The molecule has 8 nitrogen and oxygen atoms in total. The van der Waals surface area contributed by atoms with Gasteiger partial charge in [-0.25, -0.2) is 23.1 Å². The third-order valence-electron chi connectivity index (χ3n) is 5.62. The summed E-state index contributed by atoms with van der Waals surface area (Å²) >= 11 is 0. The summed E-state index contributed by atoms with van der Waals surface area (Å²) in [6, 6.07) is 12.1. The van der Waals surface area contributed by atoms with Gasteiger partial charge in [0.05, 0.1) is 12.9 Å². The summed E-state index contributed by atoms with van der Waals surface area (Å²) in [6.45, 7) is 4.20. The smallest absolute Gasteiger partial charge is 0.325 e. The van der Waals surface area contributed by atoms with Crippen molar-refractivity contribution < 1.29 is 13.6 Å². The molecule has 1 N–H and O–H groups in total. The molecular weight excluding hydrogens is 456 g/mol. The summed E-state index contributed by atoms with van der Waals surface area (Å²) in [5.74, 6) is -2.52. The highest BCUT2D eigenvalue weighted by atomic mass is 19.2. The van der Waals surface area contributed by atoms with Gasteiger partial charge in [-0.15, -0.1) is 0 Å². The lowest BCUT2D eigenvalue weighted by Crippen LogP contribution is -2.43. The molecule has 35 heavy (non-hydrogen) atoms. The lowest BCUT2D eigenvalue weighted by molar-refractivity contribution is -0.116. The van der Waals surface area contributed by atoms with E-state index in [4.69, 9.17) is 0 Å².